The topological polar surface area (TPSA) is 86.6 Å². The van der Waals surface area contributed by atoms with Gasteiger partial charge in [0.2, 0.25) is 5.91 Å². The molecule has 1 saturated carbocycles. The van der Waals surface area contributed by atoms with E-state index >= 15 is 0 Å². The summed E-state index contributed by atoms with van der Waals surface area (Å²) in [5, 5.41) is 21.3. The number of aliphatic hydroxyl groups excluding tert-OH is 1. The Morgan fingerprint density at radius 3 is 2.42 bits per heavy atom. The minimum atomic E-state index is -1.09. The van der Waals surface area contributed by atoms with Crippen LogP contribution in [0.25, 0.3) is 0 Å². The number of carbonyl (C=O) groups is 2. The smallest absolute Gasteiger partial charge is 0.331 e. The van der Waals surface area contributed by atoms with Crippen LogP contribution in [0.2, 0.25) is 0 Å². The van der Waals surface area contributed by atoms with Crippen molar-refractivity contribution in [2.24, 2.45) is 5.92 Å². The van der Waals surface area contributed by atoms with Crippen molar-refractivity contribution in [1.29, 1.82) is 0 Å². The first-order chi connectivity index (χ1) is 8.81. The number of carboxylic acid groups (broad SMARTS) is 1. The molecule has 0 aliphatic heterocycles. The third-order valence-electron chi connectivity index (χ3n) is 4.00. The van der Waals surface area contributed by atoms with Gasteiger partial charge in [0.25, 0.3) is 0 Å². The van der Waals surface area contributed by atoms with Crippen LogP contribution in [0.5, 0.6) is 0 Å². The number of hydrogen-bond acceptors (Lipinski definition) is 3. The van der Waals surface area contributed by atoms with Gasteiger partial charge >= 0.3 is 5.97 Å². The summed E-state index contributed by atoms with van der Waals surface area (Å²) in [6, 6.07) is 0. The molecule has 0 aromatic carbocycles. The number of carbonyl (C=O) groups excluding carboxylic acids is 1. The van der Waals surface area contributed by atoms with Crippen LogP contribution in [-0.4, -0.2) is 34.2 Å². The fourth-order valence-corrected chi connectivity index (χ4v) is 2.62. The highest BCUT2D eigenvalue weighted by Gasteiger charge is 2.36. The molecule has 0 heterocycles. The summed E-state index contributed by atoms with van der Waals surface area (Å²) in [5.74, 6) is -1.04. The van der Waals surface area contributed by atoms with E-state index in [0.29, 0.717) is 5.92 Å². The zero-order chi connectivity index (χ0) is 14.6. The third kappa shape index (κ3) is 3.80. The average Bonchev–Trinajstić information content (AvgIpc) is 2.36. The van der Waals surface area contributed by atoms with Gasteiger partial charge in [-0.1, -0.05) is 19.8 Å². The van der Waals surface area contributed by atoms with Crippen molar-refractivity contribution in [3.8, 4) is 0 Å². The lowest BCUT2D eigenvalue weighted by Crippen LogP contribution is -2.54. The fourth-order valence-electron chi connectivity index (χ4n) is 2.62. The van der Waals surface area contributed by atoms with E-state index in [9.17, 15) is 14.7 Å². The number of aliphatic hydroxyl groups is 1. The second-order valence-electron chi connectivity index (χ2n) is 5.65. The van der Waals surface area contributed by atoms with Gasteiger partial charge in [-0.25, -0.2) is 4.79 Å². The molecule has 5 heteroatoms. The molecule has 1 amide bonds. The highest BCUT2D eigenvalue weighted by Crippen LogP contribution is 2.32. The number of nitrogens with one attached hydrogen (secondary N) is 1. The summed E-state index contributed by atoms with van der Waals surface area (Å²) in [5.41, 5.74) is -0.373. The normalized spacial score (nSPS) is 28.5. The van der Waals surface area contributed by atoms with Crippen LogP contribution in [0.3, 0.4) is 0 Å². The molecule has 0 spiro atoms. The zero-order valence-corrected chi connectivity index (χ0v) is 11.8. The quantitative estimate of drug-likeness (QED) is 0.674. The molecule has 0 saturated heterocycles. The first kappa shape index (κ1) is 15.7. The molecule has 19 heavy (non-hydrogen) atoms. The Kier molecular flexibility index (Phi) is 5.11. The lowest BCUT2D eigenvalue weighted by Gasteiger charge is -2.39. The Bertz CT molecular complexity index is 402. The molecule has 0 radical (unpaired) electrons. The number of aliphatic carboxylic acids is 1. The van der Waals surface area contributed by atoms with Gasteiger partial charge in [-0.3, -0.25) is 4.79 Å². The van der Waals surface area contributed by atoms with E-state index in [4.69, 9.17) is 5.11 Å². The van der Waals surface area contributed by atoms with E-state index in [1.54, 1.807) is 0 Å². The molecule has 2 unspecified atom stereocenters. The minimum Gasteiger partial charge on any atom is -0.478 e. The molecular formula is C14H23NO4. The van der Waals surface area contributed by atoms with Crippen molar-refractivity contribution in [2.45, 2.75) is 52.0 Å². The van der Waals surface area contributed by atoms with Crippen LogP contribution in [0.4, 0.5) is 0 Å². The molecule has 1 fully saturated rings. The summed E-state index contributed by atoms with van der Waals surface area (Å²) in [6.45, 7) is 4.89. The Hall–Kier alpha value is -1.36. The van der Waals surface area contributed by atoms with E-state index in [1.165, 1.54) is 13.8 Å². The van der Waals surface area contributed by atoms with Gasteiger partial charge in [0, 0.05) is 11.1 Å². The highest BCUT2D eigenvalue weighted by molar-refractivity contribution is 6.01. The van der Waals surface area contributed by atoms with Crippen LogP contribution < -0.4 is 5.32 Å². The van der Waals surface area contributed by atoms with E-state index in [2.05, 4.69) is 12.2 Å². The molecule has 3 N–H and O–H groups in total. The second kappa shape index (κ2) is 6.19. The number of hydrogen-bond donors (Lipinski definition) is 3. The van der Waals surface area contributed by atoms with Crippen LogP contribution in [0.15, 0.2) is 11.1 Å². The van der Waals surface area contributed by atoms with E-state index in [0.717, 1.165) is 25.7 Å². The predicted octanol–water partition coefficient (Wildman–Crippen LogP) is 1.46. The Labute approximate surface area is 113 Å². The van der Waals surface area contributed by atoms with Gasteiger partial charge in [-0.2, -0.15) is 0 Å². The fraction of sp³-hybridized carbons (Fsp3) is 0.714. The lowest BCUT2D eigenvalue weighted by molar-refractivity contribution is -0.133. The summed E-state index contributed by atoms with van der Waals surface area (Å²) in [6.07, 6.45) is 3.52. The van der Waals surface area contributed by atoms with Crippen molar-refractivity contribution in [3.63, 3.8) is 0 Å². The highest BCUT2D eigenvalue weighted by atomic mass is 16.4. The first-order valence-corrected chi connectivity index (χ1v) is 6.65. The van der Waals surface area contributed by atoms with Crippen LogP contribution in [-0.2, 0) is 9.59 Å². The molecule has 2 atom stereocenters. The number of rotatable bonds is 4. The van der Waals surface area contributed by atoms with E-state index in [1.807, 2.05) is 0 Å². The first-order valence-electron chi connectivity index (χ1n) is 6.65. The molecule has 0 aromatic rings. The van der Waals surface area contributed by atoms with E-state index < -0.39 is 17.4 Å². The van der Waals surface area contributed by atoms with Gasteiger partial charge in [-0.05, 0) is 32.6 Å². The summed E-state index contributed by atoms with van der Waals surface area (Å²) in [7, 11) is 0. The maximum atomic E-state index is 12.1. The molecular weight excluding hydrogens is 246 g/mol. The van der Waals surface area contributed by atoms with Crippen molar-refractivity contribution in [3.05, 3.63) is 11.1 Å². The Morgan fingerprint density at radius 2 is 1.95 bits per heavy atom. The summed E-state index contributed by atoms with van der Waals surface area (Å²) >= 11 is 0. The molecule has 0 bridgehead atoms. The molecule has 108 valence electrons. The van der Waals surface area contributed by atoms with Crippen LogP contribution in [0.1, 0.15) is 46.5 Å². The summed E-state index contributed by atoms with van der Waals surface area (Å²) < 4.78 is 0. The predicted molar refractivity (Wildman–Crippen MR) is 71.6 cm³/mol. The van der Waals surface area contributed by atoms with Crippen LogP contribution in [0, 0.1) is 5.92 Å². The maximum absolute atomic E-state index is 12.1. The minimum absolute atomic E-state index is 0.0365. The van der Waals surface area contributed by atoms with E-state index in [-0.39, 0.29) is 17.8 Å². The van der Waals surface area contributed by atoms with Gasteiger partial charge in [0.05, 0.1) is 12.1 Å². The third-order valence-corrected chi connectivity index (χ3v) is 4.00. The maximum Gasteiger partial charge on any atom is 0.331 e. The zero-order valence-electron chi connectivity index (χ0n) is 11.8. The van der Waals surface area contributed by atoms with Crippen molar-refractivity contribution >= 4 is 11.9 Å². The van der Waals surface area contributed by atoms with Crippen LogP contribution >= 0.6 is 0 Å². The monoisotopic (exact) mass is 269 g/mol. The standard InChI is InChI=1S/C14H23NO4/c1-9-5-4-6-14(7-9,8-16)15-12(17)10(2)11(3)13(18)19/h9,16H,4-8H2,1-3H3,(H,15,17)(H,18,19). The molecule has 1 aliphatic carbocycles. The number of amides is 1. The van der Waals surface area contributed by atoms with Crippen molar-refractivity contribution in [2.75, 3.05) is 6.61 Å². The second-order valence-corrected chi connectivity index (χ2v) is 5.65. The van der Waals surface area contributed by atoms with Gasteiger partial charge in [-0.15, -0.1) is 0 Å². The SMILES string of the molecule is CC(C(=O)O)=C(C)C(=O)NC1(CO)CCCC(C)C1. The molecule has 5 nitrogen and oxygen atoms in total. The Morgan fingerprint density at radius 1 is 1.32 bits per heavy atom. The van der Waals surface area contributed by atoms with Gasteiger partial charge in [0.15, 0.2) is 0 Å². The number of carboxylic acids is 1. The van der Waals surface area contributed by atoms with Crippen molar-refractivity contribution < 1.29 is 19.8 Å². The molecule has 1 rings (SSSR count). The molecule has 1 aliphatic rings. The lowest BCUT2D eigenvalue weighted by atomic mass is 9.76. The van der Waals surface area contributed by atoms with Gasteiger partial charge in [0.1, 0.15) is 0 Å². The van der Waals surface area contributed by atoms with Crippen molar-refractivity contribution in [1.82, 2.24) is 5.32 Å². The Balaban J connectivity index is 2.84. The average molecular weight is 269 g/mol. The largest absolute Gasteiger partial charge is 0.478 e. The molecule has 0 aromatic heterocycles. The summed E-state index contributed by atoms with van der Waals surface area (Å²) in [4.78, 5) is 22.9. The van der Waals surface area contributed by atoms with Gasteiger partial charge < -0.3 is 15.5 Å².